The van der Waals surface area contributed by atoms with Gasteiger partial charge in [-0.15, -0.1) is 0 Å². The molecule has 0 unspecified atom stereocenters. The van der Waals surface area contributed by atoms with Crippen LogP contribution in [0.4, 0.5) is 5.69 Å². The van der Waals surface area contributed by atoms with Crippen LogP contribution < -0.4 is 10.7 Å². The van der Waals surface area contributed by atoms with Crippen molar-refractivity contribution in [3.63, 3.8) is 0 Å². The monoisotopic (exact) mass is 302 g/mol. The van der Waals surface area contributed by atoms with E-state index in [1.807, 2.05) is 41.5 Å². The van der Waals surface area contributed by atoms with Crippen LogP contribution >= 0.6 is 12.2 Å². The minimum atomic E-state index is -0.0178. The molecule has 1 rings (SSSR count). The Labute approximate surface area is 131 Å². The molecular weight excluding hydrogens is 268 g/mol. The quantitative estimate of drug-likeness (QED) is 0.620. The van der Waals surface area contributed by atoms with Crippen molar-refractivity contribution >= 4 is 17.9 Å². The molecule has 20 heavy (non-hydrogen) atoms. The van der Waals surface area contributed by atoms with E-state index in [1.165, 1.54) is 0 Å². The molecule has 3 nitrogen and oxygen atoms in total. The van der Waals surface area contributed by atoms with Gasteiger partial charge in [0.25, 0.3) is 0 Å². The van der Waals surface area contributed by atoms with Gasteiger partial charge < -0.3 is 10.2 Å². The minimum Gasteiger partial charge on any atom is -0.384 e. The van der Waals surface area contributed by atoms with Gasteiger partial charge in [0.2, 0.25) is 5.43 Å². The molecule has 0 aliphatic heterocycles. The van der Waals surface area contributed by atoms with Crippen LogP contribution in [0.15, 0.2) is 10.9 Å². The van der Waals surface area contributed by atoms with Gasteiger partial charge >= 0.3 is 0 Å². The summed E-state index contributed by atoms with van der Waals surface area (Å²) in [6.07, 6.45) is 2.26. The molecule has 0 aliphatic carbocycles. The molecule has 0 spiro atoms. The van der Waals surface area contributed by atoms with Gasteiger partial charge in [0.05, 0.1) is 5.69 Å². The number of rotatable bonds is 6. The topological polar surface area (TPSA) is 32.3 Å². The number of hydrogen-bond acceptors (Lipinski definition) is 4. The fourth-order valence-electron chi connectivity index (χ4n) is 1.22. The first-order chi connectivity index (χ1) is 9.61. The molecule has 0 fully saturated rings. The Kier molecular flexibility index (Phi) is 22.2. The van der Waals surface area contributed by atoms with E-state index in [-0.39, 0.29) is 5.43 Å². The van der Waals surface area contributed by atoms with Gasteiger partial charge in [-0.2, -0.15) is 0 Å². The average molecular weight is 303 g/mol. The van der Waals surface area contributed by atoms with E-state index in [1.54, 1.807) is 6.07 Å². The lowest BCUT2D eigenvalue weighted by Gasteiger charge is -2.10. The number of unbranched alkanes of at least 4 members (excludes halogenated alkanes) is 1. The van der Waals surface area contributed by atoms with E-state index >= 15 is 0 Å². The van der Waals surface area contributed by atoms with Crippen molar-refractivity contribution in [3.05, 3.63) is 20.8 Å². The predicted octanol–water partition coefficient (Wildman–Crippen LogP) is 4.48. The minimum absolute atomic E-state index is 0.0178. The van der Waals surface area contributed by atoms with Crippen LogP contribution in [0, 0.1) is 4.51 Å². The van der Waals surface area contributed by atoms with Crippen LogP contribution in [-0.2, 0) is 0 Å². The Hall–Kier alpha value is -0.740. The summed E-state index contributed by atoms with van der Waals surface area (Å²) in [7, 11) is 4.13. The Balaban J connectivity index is -0.000000425. The Bertz CT molecular complexity index is 355. The molecule has 120 valence electrons. The van der Waals surface area contributed by atoms with Crippen molar-refractivity contribution in [2.75, 3.05) is 32.5 Å². The largest absolute Gasteiger partial charge is 0.384 e. The van der Waals surface area contributed by atoms with Crippen molar-refractivity contribution < 1.29 is 0 Å². The molecule has 0 radical (unpaired) electrons. The lowest BCUT2D eigenvalue weighted by atomic mass is 10.2. The van der Waals surface area contributed by atoms with E-state index in [4.69, 9.17) is 12.2 Å². The van der Waals surface area contributed by atoms with Gasteiger partial charge in [-0.3, -0.25) is 4.79 Å². The number of anilines is 1. The molecule has 0 saturated heterocycles. The maximum atomic E-state index is 10.8. The van der Waals surface area contributed by atoms with E-state index < -0.39 is 0 Å². The zero-order chi connectivity index (χ0) is 16.6. The second kappa shape index (κ2) is 18.3. The molecule has 0 saturated carbocycles. The SMILES string of the molecule is CC.CC.CC.CN(C)CCCCNc1cc(=O)c1=S. The van der Waals surface area contributed by atoms with Crippen LogP contribution in [0.3, 0.4) is 0 Å². The van der Waals surface area contributed by atoms with E-state index in [2.05, 4.69) is 24.3 Å². The van der Waals surface area contributed by atoms with Gasteiger partial charge in [-0.25, -0.2) is 0 Å². The van der Waals surface area contributed by atoms with Crippen molar-refractivity contribution in [1.82, 2.24) is 4.90 Å². The molecule has 0 amide bonds. The fraction of sp³-hybridized carbons (Fsp3) is 0.750. The highest BCUT2D eigenvalue weighted by Gasteiger charge is 2.03. The van der Waals surface area contributed by atoms with Crippen LogP contribution in [0.5, 0.6) is 0 Å². The lowest BCUT2D eigenvalue weighted by molar-refractivity contribution is 0.396. The first-order valence-corrected chi connectivity index (χ1v) is 8.21. The van der Waals surface area contributed by atoms with Crippen molar-refractivity contribution in [2.24, 2.45) is 0 Å². The highest BCUT2D eigenvalue weighted by atomic mass is 32.1. The first-order valence-electron chi connectivity index (χ1n) is 7.80. The first kappa shape index (κ1) is 24.3. The van der Waals surface area contributed by atoms with Crippen LogP contribution in [0.2, 0.25) is 0 Å². The summed E-state index contributed by atoms with van der Waals surface area (Å²) >= 11 is 4.86. The zero-order valence-corrected chi connectivity index (χ0v) is 15.5. The third-order valence-corrected chi connectivity index (χ3v) is 2.51. The Morgan fingerprint density at radius 3 is 1.90 bits per heavy atom. The summed E-state index contributed by atoms with van der Waals surface area (Å²) in [4.78, 5) is 12.9. The number of hydrogen-bond donors (Lipinski definition) is 1. The third kappa shape index (κ3) is 12.3. The van der Waals surface area contributed by atoms with Gasteiger partial charge in [0.15, 0.2) is 0 Å². The van der Waals surface area contributed by atoms with Crippen molar-refractivity contribution in [1.29, 1.82) is 0 Å². The molecule has 4 heteroatoms. The Morgan fingerprint density at radius 2 is 1.55 bits per heavy atom. The van der Waals surface area contributed by atoms with E-state index in [9.17, 15) is 4.79 Å². The molecule has 1 aromatic carbocycles. The molecular formula is C16H34N2OS. The number of nitrogens with one attached hydrogen (secondary N) is 1. The smallest absolute Gasteiger partial charge is 0.200 e. The van der Waals surface area contributed by atoms with Crippen LogP contribution in [0.25, 0.3) is 0 Å². The summed E-state index contributed by atoms with van der Waals surface area (Å²) in [5.41, 5.74) is 0.825. The maximum absolute atomic E-state index is 10.8. The predicted molar refractivity (Wildman–Crippen MR) is 96.2 cm³/mol. The molecule has 0 heterocycles. The van der Waals surface area contributed by atoms with Gasteiger partial charge in [0.1, 0.15) is 4.51 Å². The summed E-state index contributed by atoms with van der Waals surface area (Å²) in [6, 6.07) is 1.56. The normalized spacial score (nSPS) is 8.65. The van der Waals surface area contributed by atoms with E-state index in [0.717, 1.165) is 31.6 Å². The maximum Gasteiger partial charge on any atom is 0.200 e. The highest BCUT2D eigenvalue weighted by molar-refractivity contribution is 7.71. The summed E-state index contributed by atoms with van der Waals surface area (Å²) in [5, 5.41) is 3.15. The number of nitrogens with zero attached hydrogens (tertiary/aromatic N) is 1. The Morgan fingerprint density at radius 1 is 1.05 bits per heavy atom. The third-order valence-electron chi connectivity index (χ3n) is 2.09. The van der Waals surface area contributed by atoms with Crippen molar-refractivity contribution in [3.8, 4) is 0 Å². The average Bonchev–Trinajstić information content (AvgIpc) is 2.51. The summed E-state index contributed by atoms with van der Waals surface area (Å²) in [5.74, 6) is 0. The van der Waals surface area contributed by atoms with Gasteiger partial charge in [-0.1, -0.05) is 53.8 Å². The van der Waals surface area contributed by atoms with E-state index in [0.29, 0.717) is 4.51 Å². The van der Waals surface area contributed by atoms with Gasteiger partial charge in [0, 0.05) is 12.6 Å². The second-order valence-corrected chi connectivity index (χ2v) is 4.10. The second-order valence-electron chi connectivity index (χ2n) is 3.69. The molecule has 1 aromatic rings. The standard InChI is InChI=1S/C10H16N2OS.3C2H6/c1-12(2)6-4-3-5-11-8-7-9(13)10(8)14;3*1-2/h7,11H,3-6H2,1-2H3;3*1-2H3. The van der Waals surface area contributed by atoms with Crippen LogP contribution in [0.1, 0.15) is 54.4 Å². The molecule has 0 bridgehead atoms. The highest BCUT2D eigenvalue weighted by Crippen LogP contribution is 2.07. The molecule has 0 atom stereocenters. The van der Waals surface area contributed by atoms with Gasteiger partial charge in [-0.05, 0) is 33.5 Å². The molecule has 1 N–H and O–H groups in total. The zero-order valence-electron chi connectivity index (χ0n) is 14.7. The summed E-state index contributed by atoms with van der Waals surface area (Å²) < 4.78 is 0.456. The summed E-state index contributed by atoms with van der Waals surface area (Å²) in [6.45, 7) is 14.0. The molecule has 0 aromatic heterocycles. The van der Waals surface area contributed by atoms with Crippen LogP contribution in [-0.4, -0.2) is 32.1 Å². The lowest BCUT2D eigenvalue weighted by Crippen LogP contribution is -2.16. The fourth-order valence-corrected chi connectivity index (χ4v) is 1.41. The molecule has 0 aliphatic rings. The van der Waals surface area contributed by atoms with Crippen molar-refractivity contribution in [2.45, 2.75) is 54.4 Å².